The van der Waals surface area contributed by atoms with Crippen LogP contribution in [0.25, 0.3) is 10.6 Å². The summed E-state index contributed by atoms with van der Waals surface area (Å²) in [6.45, 7) is 6.74. The van der Waals surface area contributed by atoms with Crippen molar-refractivity contribution in [2.24, 2.45) is 0 Å². The molecule has 0 radical (unpaired) electrons. The zero-order chi connectivity index (χ0) is 15.2. The van der Waals surface area contributed by atoms with Crippen LogP contribution in [-0.2, 0) is 4.79 Å². The fourth-order valence-electron chi connectivity index (χ4n) is 2.15. The first-order valence-electron chi connectivity index (χ1n) is 7.35. The third kappa shape index (κ3) is 3.67. The van der Waals surface area contributed by atoms with Gasteiger partial charge in [-0.15, -0.1) is 0 Å². The Bertz CT molecular complexity index is 595. The number of nitrogens with zero attached hydrogens (tertiary/aromatic N) is 3. The van der Waals surface area contributed by atoms with E-state index in [0.717, 1.165) is 34.1 Å². The van der Waals surface area contributed by atoms with E-state index in [1.165, 1.54) is 0 Å². The summed E-state index contributed by atoms with van der Waals surface area (Å²) < 4.78 is 0. The van der Waals surface area contributed by atoms with E-state index in [9.17, 15) is 4.79 Å². The van der Waals surface area contributed by atoms with E-state index >= 15 is 0 Å². The highest BCUT2D eigenvalue weighted by Gasteiger charge is 2.19. The minimum Gasteiger partial charge on any atom is -0.303 e. The highest BCUT2D eigenvalue weighted by molar-refractivity contribution is 7.19. The van der Waals surface area contributed by atoms with Crippen LogP contribution in [0.15, 0.2) is 24.5 Å². The van der Waals surface area contributed by atoms with Gasteiger partial charge in [0, 0.05) is 30.9 Å². The van der Waals surface area contributed by atoms with Gasteiger partial charge in [-0.3, -0.25) is 9.78 Å². The van der Waals surface area contributed by atoms with Crippen LogP contribution >= 0.6 is 11.3 Å². The number of hydrogen-bond donors (Lipinski definition) is 0. The number of carbonyl (C=O) groups is 1. The summed E-state index contributed by atoms with van der Waals surface area (Å²) in [5.74, 6) is 0.184. The molecular weight excluding hydrogens is 282 g/mol. The van der Waals surface area contributed by atoms with Crippen LogP contribution in [-0.4, -0.2) is 22.4 Å². The number of anilines is 1. The third-order valence-corrected chi connectivity index (χ3v) is 4.52. The van der Waals surface area contributed by atoms with E-state index in [-0.39, 0.29) is 5.91 Å². The van der Waals surface area contributed by atoms with Gasteiger partial charge in [-0.05, 0) is 32.4 Å². The molecule has 112 valence electrons. The molecule has 4 nitrogen and oxygen atoms in total. The molecule has 0 bridgehead atoms. The Labute approximate surface area is 129 Å². The molecule has 21 heavy (non-hydrogen) atoms. The van der Waals surface area contributed by atoms with E-state index in [4.69, 9.17) is 0 Å². The lowest BCUT2D eigenvalue weighted by Crippen LogP contribution is -2.30. The van der Waals surface area contributed by atoms with Gasteiger partial charge in [0.15, 0.2) is 0 Å². The molecule has 0 aliphatic rings. The predicted octanol–water partition coefficient (Wildman–Crippen LogP) is 4.06. The van der Waals surface area contributed by atoms with Crippen molar-refractivity contribution in [2.45, 2.75) is 40.0 Å². The lowest BCUT2D eigenvalue weighted by molar-refractivity contribution is -0.118. The molecule has 0 aliphatic heterocycles. The van der Waals surface area contributed by atoms with Crippen LogP contribution < -0.4 is 4.90 Å². The molecule has 0 N–H and O–H groups in total. The number of rotatable bonds is 6. The van der Waals surface area contributed by atoms with Crippen molar-refractivity contribution in [3.8, 4) is 10.6 Å². The molecule has 2 aromatic rings. The quantitative estimate of drug-likeness (QED) is 0.808. The van der Waals surface area contributed by atoms with Crippen molar-refractivity contribution in [3.05, 3.63) is 30.2 Å². The van der Waals surface area contributed by atoms with Gasteiger partial charge in [-0.2, -0.15) is 0 Å². The summed E-state index contributed by atoms with van der Waals surface area (Å²) >= 11 is 1.56. The smallest absolute Gasteiger partial charge is 0.227 e. The standard InChI is InChI=1S/C16H21N3OS/c1-4-6-9-14(20)19(5-2)16-12(3)18-15(21-16)13-8-7-10-17-11-13/h7-8,10-11H,4-6,9H2,1-3H3. The number of carbonyl (C=O) groups excluding carboxylic acids is 1. The zero-order valence-electron chi connectivity index (χ0n) is 12.8. The monoisotopic (exact) mass is 303 g/mol. The number of unbranched alkanes of at least 4 members (excludes halogenated alkanes) is 1. The van der Waals surface area contributed by atoms with E-state index < -0.39 is 0 Å². The highest BCUT2D eigenvalue weighted by atomic mass is 32.1. The summed E-state index contributed by atoms with van der Waals surface area (Å²) in [7, 11) is 0. The first kappa shape index (κ1) is 15.6. The Kier molecular flexibility index (Phi) is 5.44. The number of aromatic nitrogens is 2. The average Bonchev–Trinajstić information content (AvgIpc) is 2.89. The molecule has 0 atom stereocenters. The van der Waals surface area contributed by atoms with E-state index in [1.54, 1.807) is 23.7 Å². The fourth-order valence-corrected chi connectivity index (χ4v) is 3.29. The lowest BCUT2D eigenvalue weighted by Gasteiger charge is -2.19. The van der Waals surface area contributed by atoms with Crippen molar-refractivity contribution in [1.82, 2.24) is 9.97 Å². The largest absolute Gasteiger partial charge is 0.303 e. The van der Waals surface area contributed by atoms with E-state index in [0.29, 0.717) is 13.0 Å². The molecule has 0 saturated heterocycles. The number of pyridine rings is 1. The molecule has 5 heteroatoms. The first-order chi connectivity index (χ1) is 10.2. The molecule has 1 amide bonds. The van der Waals surface area contributed by atoms with Crippen molar-refractivity contribution in [3.63, 3.8) is 0 Å². The summed E-state index contributed by atoms with van der Waals surface area (Å²) in [6, 6.07) is 3.89. The molecule has 0 aliphatic carbocycles. The molecule has 2 aromatic heterocycles. The number of aryl methyl sites for hydroxylation is 1. The topological polar surface area (TPSA) is 46.1 Å². The molecule has 0 spiro atoms. The van der Waals surface area contributed by atoms with Crippen molar-refractivity contribution < 1.29 is 4.79 Å². The molecular formula is C16H21N3OS. The third-order valence-electron chi connectivity index (χ3n) is 3.29. The lowest BCUT2D eigenvalue weighted by atomic mass is 10.2. The van der Waals surface area contributed by atoms with Gasteiger partial charge in [0.2, 0.25) is 5.91 Å². The summed E-state index contributed by atoms with van der Waals surface area (Å²) in [5, 5.41) is 1.87. The maximum atomic E-state index is 12.3. The summed E-state index contributed by atoms with van der Waals surface area (Å²) in [5.41, 5.74) is 1.90. The molecule has 0 aromatic carbocycles. The minimum atomic E-state index is 0.184. The Morgan fingerprint density at radius 3 is 2.81 bits per heavy atom. The first-order valence-corrected chi connectivity index (χ1v) is 8.17. The maximum Gasteiger partial charge on any atom is 0.227 e. The Hall–Kier alpha value is -1.75. The summed E-state index contributed by atoms with van der Waals surface area (Å²) in [4.78, 5) is 22.9. The van der Waals surface area contributed by atoms with Crippen LogP contribution in [0.3, 0.4) is 0 Å². The SMILES string of the molecule is CCCCC(=O)N(CC)c1sc(-c2cccnc2)nc1C. The van der Waals surface area contributed by atoms with Crippen LogP contribution in [0.5, 0.6) is 0 Å². The second-order valence-corrected chi connectivity index (χ2v) is 5.87. The van der Waals surface area contributed by atoms with Gasteiger partial charge in [0.05, 0.1) is 5.69 Å². The Balaban J connectivity index is 2.27. The normalized spacial score (nSPS) is 10.6. The van der Waals surface area contributed by atoms with Gasteiger partial charge in [0.25, 0.3) is 0 Å². The number of hydrogen-bond acceptors (Lipinski definition) is 4. The zero-order valence-corrected chi connectivity index (χ0v) is 13.6. The maximum absolute atomic E-state index is 12.3. The van der Waals surface area contributed by atoms with Gasteiger partial charge in [-0.1, -0.05) is 24.7 Å². The molecule has 2 heterocycles. The van der Waals surface area contributed by atoms with Crippen LogP contribution in [0.1, 0.15) is 38.8 Å². The van der Waals surface area contributed by atoms with Gasteiger partial charge < -0.3 is 4.90 Å². The van der Waals surface area contributed by atoms with Crippen molar-refractivity contribution >= 4 is 22.2 Å². The number of thiazole rings is 1. The minimum absolute atomic E-state index is 0.184. The van der Waals surface area contributed by atoms with Gasteiger partial charge >= 0.3 is 0 Å². The fraction of sp³-hybridized carbons (Fsp3) is 0.438. The molecule has 0 unspecified atom stereocenters. The highest BCUT2D eigenvalue weighted by Crippen LogP contribution is 2.34. The molecule has 0 saturated carbocycles. The van der Waals surface area contributed by atoms with Crippen LogP contribution in [0.2, 0.25) is 0 Å². The van der Waals surface area contributed by atoms with Crippen molar-refractivity contribution in [1.29, 1.82) is 0 Å². The second kappa shape index (κ2) is 7.31. The van der Waals surface area contributed by atoms with Crippen LogP contribution in [0, 0.1) is 6.92 Å². The van der Waals surface area contributed by atoms with Gasteiger partial charge in [-0.25, -0.2) is 4.98 Å². The Morgan fingerprint density at radius 2 is 2.19 bits per heavy atom. The van der Waals surface area contributed by atoms with E-state index in [2.05, 4.69) is 16.9 Å². The summed E-state index contributed by atoms with van der Waals surface area (Å²) in [6.07, 6.45) is 6.12. The average molecular weight is 303 g/mol. The Morgan fingerprint density at radius 1 is 1.38 bits per heavy atom. The molecule has 0 fully saturated rings. The predicted molar refractivity (Wildman–Crippen MR) is 87.6 cm³/mol. The van der Waals surface area contributed by atoms with E-state index in [1.807, 2.05) is 30.9 Å². The second-order valence-electron chi connectivity index (χ2n) is 4.89. The molecule has 2 rings (SSSR count). The van der Waals surface area contributed by atoms with Gasteiger partial charge in [0.1, 0.15) is 10.0 Å². The van der Waals surface area contributed by atoms with Crippen molar-refractivity contribution in [2.75, 3.05) is 11.4 Å². The van der Waals surface area contributed by atoms with Crippen LogP contribution in [0.4, 0.5) is 5.00 Å². The number of amides is 1.